The minimum absolute atomic E-state index is 0.0527. The number of hydrogen-bond acceptors (Lipinski definition) is 3. The molecular weight excluding hydrogens is 287 g/mol. The number of hydrogen-bond donors (Lipinski definition) is 1. The molecule has 2 amide bonds. The smallest absolute Gasteiger partial charge is 0.317 e. The van der Waals surface area contributed by atoms with Gasteiger partial charge in [-0.1, -0.05) is 0 Å². The molecule has 5 nitrogen and oxygen atoms in total. The van der Waals surface area contributed by atoms with Gasteiger partial charge in [0.15, 0.2) is 0 Å². The van der Waals surface area contributed by atoms with Gasteiger partial charge in [0.2, 0.25) is 5.79 Å². The second kappa shape index (κ2) is 5.76. The van der Waals surface area contributed by atoms with Crippen molar-refractivity contribution in [2.24, 2.45) is 0 Å². The predicted octanol–water partition coefficient (Wildman–Crippen LogP) is 2.64. The molecule has 1 aromatic carbocycles. The maximum absolute atomic E-state index is 13.2. The average molecular weight is 308 g/mol. The van der Waals surface area contributed by atoms with Crippen LogP contribution in [0.2, 0.25) is 0 Å². The molecular formula is C16H21FN2O3. The lowest BCUT2D eigenvalue weighted by atomic mass is 10.0. The molecule has 0 unspecified atom stereocenters. The van der Waals surface area contributed by atoms with Crippen molar-refractivity contribution in [1.29, 1.82) is 0 Å². The Morgan fingerprint density at radius 2 is 2.09 bits per heavy atom. The Bertz CT molecular complexity index is 569. The number of carbonyl (C=O) groups excluding carboxylic acids is 1. The highest BCUT2D eigenvalue weighted by Gasteiger charge is 2.41. The van der Waals surface area contributed by atoms with E-state index in [0.717, 1.165) is 5.56 Å². The van der Waals surface area contributed by atoms with Gasteiger partial charge in [0.05, 0.1) is 6.61 Å². The van der Waals surface area contributed by atoms with Crippen molar-refractivity contribution in [3.05, 3.63) is 29.6 Å². The molecule has 2 aliphatic heterocycles. The van der Waals surface area contributed by atoms with Crippen LogP contribution in [-0.4, -0.2) is 35.8 Å². The first kappa shape index (κ1) is 15.1. The standard InChI is InChI=1S/C16H21FN2O3/c1-11(2)18-15(20)19-7-5-16(6-8-19)21-10-12-9-13(17)3-4-14(12)22-16/h3-4,9,11H,5-8,10H2,1-2H3,(H,18,20). The monoisotopic (exact) mass is 308 g/mol. The summed E-state index contributed by atoms with van der Waals surface area (Å²) in [4.78, 5) is 13.8. The molecule has 1 fully saturated rings. The average Bonchev–Trinajstić information content (AvgIpc) is 2.48. The van der Waals surface area contributed by atoms with E-state index in [9.17, 15) is 9.18 Å². The molecule has 2 aliphatic rings. The maximum Gasteiger partial charge on any atom is 0.317 e. The number of amides is 2. The summed E-state index contributed by atoms with van der Waals surface area (Å²) < 4.78 is 25.0. The largest absolute Gasteiger partial charge is 0.462 e. The highest BCUT2D eigenvalue weighted by atomic mass is 19.1. The van der Waals surface area contributed by atoms with E-state index in [1.807, 2.05) is 13.8 Å². The van der Waals surface area contributed by atoms with E-state index < -0.39 is 5.79 Å². The summed E-state index contributed by atoms with van der Waals surface area (Å²) in [7, 11) is 0. The molecule has 1 aromatic rings. The first-order chi connectivity index (χ1) is 10.5. The van der Waals surface area contributed by atoms with Crippen molar-refractivity contribution in [3.63, 3.8) is 0 Å². The summed E-state index contributed by atoms with van der Waals surface area (Å²) in [5.74, 6) is -0.311. The van der Waals surface area contributed by atoms with Gasteiger partial charge < -0.3 is 19.7 Å². The van der Waals surface area contributed by atoms with E-state index in [-0.39, 0.29) is 17.9 Å². The lowest BCUT2D eigenvalue weighted by Gasteiger charge is -2.44. The molecule has 1 N–H and O–H groups in total. The van der Waals surface area contributed by atoms with E-state index in [0.29, 0.717) is 38.3 Å². The second-order valence-corrected chi connectivity index (χ2v) is 6.14. The minimum Gasteiger partial charge on any atom is -0.462 e. The summed E-state index contributed by atoms with van der Waals surface area (Å²) >= 11 is 0. The Morgan fingerprint density at radius 1 is 1.36 bits per heavy atom. The normalized spacial score (nSPS) is 19.7. The maximum atomic E-state index is 13.2. The second-order valence-electron chi connectivity index (χ2n) is 6.14. The van der Waals surface area contributed by atoms with Gasteiger partial charge in [0.1, 0.15) is 11.6 Å². The zero-order chi connectivity index (χ0) is 15.7. The number of piperidine rings is 1. The summed E-state index contributed by atoms with van der Waals surface area (Å²) in [6.45, 7) is 5.37. The van der Waals surface area contributed by atoms with Gasteiger partial charge in [-0.25, -0.2) is 9.18 Å². The van der Waals surface area contributed by atoms with Crippen LogP contribution in [0.4, 0.5) is 9.18 Å². The molecule has 1 saturated heterocycles. The van der Waals surface area contributed by atoms with Gasteiger partial charge in [-0.05, 0) is 32.0 Å². The highest BCUT2D eigenvalue weighted by Crippen LogP contribution is 2.37. The van der Waals surface area contributed by atoms with E-state index >= 15 is 0 Å². The van der Waals surface area contributed by atoms with E-state index in [2.05, 4.69) is 5.32 Å². The van der Waals surface area contributed by atoms with Crippen LogP contribution in [0.15, 0.2) is 18.2 Å². The van der Waals surface area contributed by atoms with Crippen LogP contribution in [0.3, 0.4) is 0 Å². The molecule has 3 rings (SSSR count). The quantitative estimate of drug-likeness (QED) is 0.868. The number of halogens is 1. The summed E-state index contributed by atoms with van der Waals surface area (Å²) in [5.41, 5.74) is 0.727. The molecule has 0 atom stereocenters. The number of rotatable bonds is 1. The van der Waals surface area contributed by atoms with Crippen molar-refractivity contribution in [1.82, 2.24) is 10.2 Å². The molecule has 0 aromatic heterocycles. The Balaban J connectivity index is 1.64. The minimum atomic E-state index is -0.695. The van der Waals surface area contributed by atoms with Crippen LogP contribution in [0.25, 0.3) is 0 Å². The van der Waals surface area contributed by atoms with E-state index in [1.54, 1.807) is 11.0 Å². The molecule has 22 heavy (non-hydrogen) atoms. The zero-order valence-electron chi connectivity index (χ0n) is 12.9. The van der Waals surface area contributed by atoms with Gasteiger partial charge in [0.25, 0.3) is 0 Å². The van der Waals surface area contributed by atoms with Crippen LogP contribution >= 0.6 is 0 Å². The topological polar surface area (TPSA) is 50.8 Å². The van der Waals surface area contributed by atoms with Crippen molar-refractivity contribution in [2.45, 2.75) is 45.1 Å². The molecule has 6 heteroatoms. The number of ether oxygens (including phenoxy) is 2. The Hall–Kier alpha value is -1.82. The number of carbonyl (C=O) groups is 1. The highest BCUT2D eigenvalue weighted by molar-refractivity contribution is 5.74. The number of benzene rings is 1. The predicted molar refractivity (Wildman–Crippen MR) is 79.0 cm³/mol. The first-order valence-electron chi connectivity index (χ1n) is 7.64. The lowest BCUT2D eigenvalue weighted by Crippen LogP contribution is -2.54. The Morgan fingerprint density at radius 3 is 2.77 bits per heavy atom. The Kier molecular flexibility index (Phi) is 3.95. The van der Waals surface area contributed by atoms with E-state index in [1.165, 1.54) is 12.1 Å². The molecule has 0 saturated carbocycles. The summed E-state index contributed by atoms with van der Waals surface area (Å²) in [6, 6.07) is 4.54. The number of fused-ring (bicyclic) bond motifs is 1. The fourth-order valence-corrected chi connectivity index (χ4v) is 2.83. The van der Waals surface area contributed by atoms with Crippen molar-refractivity contribution < 1.29 is 18.7 Å². The number of likely N-dealkylation sites (tertiary alicyclic amines) is 1. The fourth-order valence-electron chi connectivity index (χ4n) is 2.83. The van der Waals surface area contributed by atoms with Gasteiger partial charge >= 0.3 is 6.03 Å². The van der Waals surface area contributed by atoms with Crippen LogP contribution in [0.5, 0.6) is 5.75 Å². The molecule has 1 spiro atoms. The van der Waals surface area contributed by atoms with Gasteiger partial charge in [-0.3, -0.25) is 0 Å². The molecule has 0 aliphatic carbocycles. The SMILES string of the molecule is CC(C)NC(=O)N1CCC2(CC1)OCc1cc(F)ccc1O2. The van der Waals surface area contributed by atoms with Gasteiger partial charge in [-0.2, -0.15) is 0 Å². The van der Waals surface area contributed by atoms with Crippen LogP contribution in [0.1, 0.15) is 32.3 Å². The summed E-state index contributed by atoms with van der Waals surface area (Å²) in [5, 5.41) is 2.89. The van der Waals surface area contributed by atoms with Crippen LogP contribution in [-0.2, 0) is 11.3 Å². The summed E-state index contributed by atoms with van der Waals surface area (Å²) in [6.07, 6.45) is 1.21. The third-order valence-electron chi connectivity index (χ3n) is 4.03. The first-order valence-corrected chi connectivity index (χ1v) is 7.64. The fraction of sp³-hybridized carbons (Fsp3) is 0.562. The van der Waals surface area contributed by atoms with Crippen molar-refractivity contribution in [2.75, 3.05) is 13.1 Å². The van der Waals surface area contributed by atoms with Crippen molar-refractivity contribution >= 4 is 6.03 Å². The number of nitrogens with zero attached hydrogens (tertiary/aromatic N) is 1. The molecule has 0 radical (unpaired) electrons. The lowest BCUT2D eigenvalue weighted by molar-refractivity contribution is -0.225. The van der Waals surface area contributed by atoms with Crippen molar-refractivity contribution in [3.8, 4) is 5.75 Å². The third-order valence-corrected chi connectivity index (χ3v) is 4.03. The van der Waals surface area contributed by atoms with Gasteiger partial charge in [0, 0.05) is 37.5 Å². The number of urea groups is 1. The third kappa shape index (κ3) is 3.02. The molecule has 2 heterocycles. The van der Waals surface area contributed by atoms with Gasteiger partial charge in [-0.15, -0.1) is 0 Å². The van der Waals surface area contributed by atoms with E-state index in [4.69, 9.17) is 9.47 Å². The van der Waals surface area contributed by atoms with Crippen LogP contribution in [0, 0.1) is 5.82 Å². The Labute approximate surface area is 129 Å². The molecule has 0 bridgehead atoms. The van der Waals surface area contributed by atoms with Crippen LogP contribution < -0.4 is 10.1 Å². The number of nitrogens with one attached hydrogen (secondary N) is 1. The zero-order valence-corrected chi connectivity index (χ0v) is 12.9. The molecule has 120 valence electrons.